The lowest BCUT2D eigenvalue weighted by atomic mass is 9.64. The lowest BCUT2D eigenvalue weighted by Crippen LogP contribution is -2.33. The summed E-state index contributed by atoms with van der Waals surface area (Å²) in [4.78, 5) is 2.43. The standard InChI is InChI=1S/C63H53NO/c1-61(2,3)46-32-38-58-55(40-46)63(56-41-47(62(4,5)6)33-39-59(56)65-58)53-25-15-13-23-52(53)60-51(24-17-26-54(60)63)50-22-14-16-27-57(50)64(48-34-28-44(29-35-48)42-18-9-7-10-19-42)49-36-30-45(31-37-49)43-20-11-8-12-21-43/h7-41H,1-6H3. The summed E-state index contributed by atoms with van der Waals surface area (Å²) in [6.45, 7) is 13.8. The molecule has 1 aliphatic heterocycles. The van der Waals surface area contributed by atoms with Gasteiger partial charge in [-0.2, -0.15) is 0 Å². The number of ether oxygens (including phenoxy) is 1. The first-order chi connectivity index (χ1) is 31.5. The fourth-order valence-corrected chi connectivity index (χ4v) is 10.3. The molecule has 1 heterocycles. The molecule has 0 radical (unpaired) electrons. The molecule has 2 aliphatic rings. The third-order valence-corrected chi connectivity index (χ3v) is 13.7. The highest BCUT2D eigenvalue weighted by molar-refractivity contribution is 6.00. The smallest absolute Gasteiger partial charge is 0.132 e. The van der Waals surface area contributed by atoms with Crippen molar-refractivity contribution in [1.29, 1.82) is 0 Å². The van der Waals surface area contributed by atoms with Crippen molar-refractivity contribution in [3.05, 3.63) is 246 Å². The van der Waals surface area contributed by atoms with Gasteiger partial charge in [0.05, 0.1) is 11.1 Å². The summed E-state index contributed by atoms with van der Waals surface area (Å²) in [6.07, 6.45) is 0. The molecule has 0 unspecified atom stereocenters. The minimum absolute atomic E-state index is 0.0620. The van der Waals surface area contributed by atoms with Crippen LogP contribution >= 0.6 is 0 Å². The summed E-state index contributed by atoms with van der Waals surface area (Å²) in [5, 5.41) is 0. The number of anilines is 3. The molecule has 2 heteroatoms. The van der Waals surface area contributed by atoms with Gasteiger partial charge in [-0.15, -0.1) is 0 Å². The van der Waals surface area contributed by atoms with Gasteiger partial charge in [0.2, 0.25) is 0 Å². The van der Waals surface area contributed by atoms with Crippen LogP contribution in [0.15, 0.2) is 212 Å². The minimum Gasteiger partial charge on any atom is -0.457 e. The van der Waals surface area contributed by atoms with E-state index in [1.54, 1.807) is 0 Å². The fourth-order valence-electron chi connectivity index (χ4n) is 10.3. The molecule has 0 atom stereocenters. The van der Waals surface area contributed by atoms with Gasteiger partial charge in [-0.3, -0.25) is 0 Å². The fraction of sp³-hybridized carbons (Fsp3) is 0.143. The number of hydrogen-bond acceptors (Lipinski definition) is 2. The molecule has 0 fully saturated rings. The second-order valence-corrected chi connectivity index (χ2v) is 19.7. The van der Waals surface area contributed by atoms with Gasteiger partial charge in [-0.1, -0.05) is 199 Å². The Bertz CT molecular complexity index is 3080. The first-order valence-corrected chi connectivity index (χ1v) is 22.9. The maximum atomic E-state index is 6.96. The van der Waals surface area contributed by atoms with Gasteiger partial charge in [0.25, 0.3) is 0 Å². The largest absolute Gasteiger partial charge is 0.457 e. The van der Waals surface area contributed by atoms with Crippen LogP contribution in [0.3, 0.4) is 0 Å². The van der Waals surface area contributed by atoms with Crippen molar-refractivity contribution in [1.82, 2.24) is 0 Å². The summed E-state index contributed by atoms with van der Waals surface area (Å²) in [5.41, 5.74) is 19.7. The Morgan fingerprint density at radius 2 is 0.785 bits per heavy atom. The summed E-state index contributed by atoms with van der Waals surface area (Å²) in [7, 11) is 0. The maximum absolute atomic E-state index is 6.96. The van der Waals surface area contributed by atoms with Crippen LogP contribution in [0.4, 0.5) is 17.1 Å². The Labute approximate surface area is 384 Å². The summed E-state index contributed by atoms with van der Waals surface area (Å²) in [5.74, 6) is 1.82. The molecule has 1 spiro atoms. The molecule has 65 heavy (non-hydrogen) atoms. The van der Waals surface area contributed by atoms with Crippen molar-refractivity contribution in [3.8, 4) is 56.0 Å². The average molecular weight is 840 g/mol. The summed E-state index contributed by atoms with van der Waals surface area (Å²) in [6, 6.07) is 78.2. The third kappa shape index (κ3) is 6.70. The molecule has 0 bridgehead atoms. The van der Waals surface area contributed by atoms with E-state index in [9.17, 15) is 0 Å². The van der Waals surface area contributed by atoms with Crippen LogP contribution in [-0.2, 0) is 16.2 Å². The topological polar surface area (TPSA) is 12.5 Å². The van der Waals surface area contributed by atoms with Crippen molar-refractivity contribution in [2.45, 2.75) is 57.8 Å². The highest BCUT2D eigenvalue weighted by atomic mass is 16.5. The SMILES string of the molecule is CC(C)(C)c1ccc2c(c1)C1(c3cc(C(C)(C)C)ccc3O2)c2ccccc2-c2c(-c3ccccc3N(c3ccc(-c4ccccc4)cc3)c3ccc(-c4ccccc4)cc3)cccc21. The Morgan fingerprint density at radius 1 is 0.354 bits per heavy atom. The predicted octanol–water partition coefficient (Wildman–Crippen LogP) is 17.2. The lowest BCUT2D eigenvalue weighted by molar-refractivity contribution is 0.433. The number of rotatable bonds is 6. The molecule has 0 saturated carbocycles. The van der Waals surface area contributed by atoms with Crippen LogP contribution in [0.25, 0.3) is 44.5 Å². The van der Waals surface area contributed by atoms with Crippen molar-refractivity contribution >= 4 is 17.1 Å². The number of hydrogen-bond donors (Lipinski definition) is 0. The van der Waals surface area contributed by atoms with Crippen LogP contribution in [0.2, 0.25) is 0 Å². The van der Waals surface area contributed by atoms with Crippen LogP contribution in [-0.4, -0.2) is 0 Å². The van der Waals surface area contributed by atoms with Gasteiger partial charge in [-0.05, 0) is 127 Å². The van der Waals surface area contributed by atoms with Crippen molar-refractivity contribution in [2.75, 3.05) is 4.90 Å². The minimum atomic E-state index is -0.622. The van der Waals surface area contributed by atoms with Crippen molar-refractivity contribution in [2.24, 2.45) is 0 Å². The normalized spacial score (nSPS) is 13.3. The molecule has 316 valence electrons. The molecule has 2 nitrogen and oxygen atoms in total. The number of fused-ring (bicyclic) bond motifs is 9. The monoisotopic (exact) mass is 839 g/mol. The first-order valence-electron chi connectivity index (χ1n) is 22.9. The van der Waals surface area contributed by atoms with E-state index in [-0.39, 0.29) is 10.8 Å². The van der Waals surface area contributed by atoms with E-state index in [0.717, 1.165) is 34.1 Å². The van der Waals surface area contributed by atoms with Crippen molar-refractivity contribution < 1.29 is 4.74 Å². The zero-order chi connectivity index (χ0) is 44.5. The molecule has 1 aliphatic carbocycles. The molecule has 0 N–H and O–H groups in total. The van der Waals surface area contributed by atoms with Crippen molar-refractivity contribution in [3.63, 3.8) is 0 Å². The van der Waals surface area contributed by atoms with Crippen LogP contribution < -0.4 is 9.64 Å². The van der Waals surface area contributed by atoms with Gasteiger partial charge in [0.1, 0.15) is 11.5 Å². The van der Waals surface area contributed by atoms with E-state index in [0.29, 0.717) is 0 Å². The zero-order valence-electron chi connectivity index (χ0n) is 38.1. The second-order valence-electron chi connectivity index (χ2n) is 19.7. The summed E-state index contributed by atoms with van der Waals surface area (Å²) >= 11 is 0. The Morgan fingerprint density at radius 3 is 1.31 bits per heavy atom. The highest BCUT2D eigenvalue weighted by Gasteiger charge is 2.52. The molecule has 11 rings (SSSR count). The first kappa shape index (κ1) is 40.4. The van der Waals surface area contributed by atoms with E-state index in [1.165, 1.54) is 72.3 Å². The van der Waals surface area contributed by atoms with Gasteiger partial charge in [0, 0.05) is 28.1 Å². The molecular formula is C63H53NO. The average Bonchev–Trinajstić information content (AvgIpc) is 3.63. The van der Waals surface area contributed by atoms with E-state index < -0.39 is 5.41 Å². The number of nitrogens with zero attached hydrogens (tertiary/aromatic N) is 1. The molecule has 0 amide bonds. The number of benzene rings is 9. The molecule has 9 aromatic carbocycles. The van der Waals surface area contributed by atoms with Gasteiger partial charge < -0.3 is 9.64 Å². The second kappa shape index (κ2) is 15.4. The van der Waals surface area contributed by atoms with Gasteiger partial charge in [-0.25, -0.2) is 0 Å². The highest BCUT2D eigenvalue weighted by Crippen LogP contribution is 2.64. The molecule has 0 saturated heterocycles. The Balaban J connectivity index is 1.16. The molecule has 9 aromatic rings. The quantitative estimate of drug-likeness (QED) is 0.165. The maximum Gasteiger partial charge on any atom is 0.132 e. The Hall–Kier alpha value is -7.42. The lowest BCUT2D eigenvalue weighted by Gasteiger charge is -2.41. The van der Waals surface area contributed by atoms with Crippen LogP contribution in [0.1, 0.15) is 74.9 Å². The third-order valence-electron chi connectivity index (χ3n) is 13.7. The molecule has 0 aromatic heterocycles. The van der Waals surface area contributed by atoms with Crippen LogP contribution in [0.5, 0.6) is 11.5 Å². The predicted molar refractivity (Wildman–Crippen MR) is 272 cm³/mol. The number of para-hydroxylation sites is 1. The van der Waals surface area contributed by atoms with E-state index in [1.807, 2.05) is 0 Å². The van der Waals surface area contributed by atoms with Gasteiger partial charge in [0.15, 0.2) is 0 Å². The van der Waals surface area contributed by atoms with E-state index in [4.69, 9.17) is 4.74 Å². The summed E-state index contributed by atoms with van der Waals surface area (Å²) < 4.78 is 6.96. The van der Waals surface area contributed by atoms with Gasteiger partial charge >= 0.3 is 0 Å². The zero-order valence-corrected chi connectivity index (χ0v) is 38.1. The molecular weight excluding hydrogens is 787 g/mol. The van der Waals surface area contributed by atoms with Crippen LogP contribution in [0, 0.1) is 0 Å². The van der Waals surface area contributed by atoms with E-state index in [2.05, 4.69) is 259 Å². The van der Waals surface area contributed by atoms with E-state index >= 15 is 0 Å². The Kier molecular flexibility index (Phi) is 9.55.